The van der Waals surface area contributed by atoms with Gasteiger partial charge >= 0.3 is 0 Å². The van der Waals surface area contributed by atoms with Gasteiger partial charge in [0, 0.05) is 117 Å². The maximum Gasteiger partial charge on any atom is 0.255 e. The van der Waals surface area contributed by atoms with E-state index in [2.05, 4.69) is 77.3 Å². The molecule has 4 aromatic rings. The smallest absolute Gasteiger partial charge is 0.255 e. The summed E-state index contributed by atoms with van der Waals surface area (Å²) >= 11 is 0. The van der Waals surface area contributed by atoms with Crippen molar-refractivity contribution in [3.63, 3.8) is 0 Å². The van der Waals surface area contributed by atoms with E-state index in [4.69, 9.17) is 4.74 Å². The molecule has 63 heavy (non-hydrogen) atoms. The van der Waals surface area contributed by atoms with Crippen molar-refractivity contribution in [1.29, 1.82) is 5.26 Å². The summed E-state index contributed by atoms with van der Waals surface area (Å²) in [5, 5.41) is 16.1. The van der Waals surface area contributed by atoms with Crippen LogP contribution < -0.4 is 30.7 Å². The summed E-state index contributed by atoms with van der Waals surface area (Å²) in [6, 6.07) is 22.1. The van der Waals surface area contributed by atoms with Gasteiger partial charge in [-0.05, 0) is 85.3 Å². The number of amides is 4. The van der Waals surface area contributed by atoms with Gasteiger partial charge in [0.25, 0.3) is 17.4 Å². The molecule has 3 aromatic carbocycles. The Morgan fingerprint density at radius 3 is 2.21 bits per heavy atom. The van der Waals surface area contributed by atoms with Crippen molar-refractivity contribution in [2.24, 2.45) is 23.8 Å². The highest BCUT2D eigenvalue weighted by Crippen LogP contribution is 2.56. The Bertz CT molecular complexity index is 2580. The number of fused-ring (bicyclic) bond motifs is 2. The second kappa shape index (κ2) is 16.2. The number of hydrogen-bond donors (Lipinski definition) is 2. The van der Waals surface area contributed by atoms with E-state index in [9.17, 15) is 29.2 Å². The fraction of sp³-hybridized carbons (Fsp3) is 0.469. The number of carbonyl (C=O) groups is 4. The number of nitrogens with zero attached hydrogens (tertiary/aromatic N) is 6. The Balaban J connectivity index is 0.741. The van der Waals surface area contributed by atoms with E-state index in [0.29, 0.717) is 52.2 Å². The SMILES string of the molecule is Cn1c(=O)ccc2c(OC3C(C)(C)C(NC(=O)c4ccc(N5CCC(CN6CCN(c7ccc8c(c7)C(=O)N([C@H]7CCC(=O)NC7=O)C8)CC6)CC5)cc4)C3(C)C)ccc(C#N)c21. The van der Waals surface area contributed by atoms with Crippen LogP contribution in [-0.4, -0.2) is 102 Å². The zero-order valence-electron chi connectivity index (χ0n) is 36.8. The molecule has 9 rings (SSSR count). The number of aromatic nitrogens is 1. The summed E-state index contributed by atoms with van der Waals surface area (Å²) in [5.74, 6) is 0.282. The third-order valence-electron chi connectivity index (χ3n) is 14.6. The van der Waals surface area contributed by atoms with Crippen molar-refractivity contribution in [3.05, 3.63) is 99.3 Å². The molecule has 14 nitrogen and oxygen atoms in total. The Morgan fingerprint density at radius 2 is 1.52 bits per heavy atom. The van der Waals surface area contributed by atoms with Crippen molar-refractivity contribution >= 4 is 45.9 Å². The van der Waals surface area contributed by atoms with Gasteiger partial charge in [0.2, 0.25) is 11.8 Å². The molecule has 1 aromatic heterocycles. The number of nitrogens with one attached hydrogen (secondary N) is 2. The van der Waals surface area contributed by atoms with Gasteiger partial charge in [-0.25, -0.2) is 0 Å². The van der Waals surface area contributed by atoms with Gasteiger partial charge in [0.1, 0.15) is 24.0 Å². The fourth-order valence-electron chi connectivity index (χ4n) is 11.3. The number of anilines is 2. The Morgan fingerprint density at radius 1 is 0.841 bits per heavy atom. The maximum atomic E-state index is 13.7. The van der Waals surface area contributed by atoms with Crippen molar-refractivity contribution in [3.8, 4) is 11.8 Å². The largest absolute Gasteiger partial charge is 0.488 e. The van der Waals surface area contributed by atoms with Gasteiger partial charge in [-0.2, -0.15) is 5.26 Å². The average molecular weight is 853 g/mol. The number of hydrogen-bond acceptors (Lipinski definition) is 10. The summed E-state index contributed by atoms with van der Waals surface area (Å²) in [7, 11) is 1.66. The molecular weight excluding hydrogens is 797 g/mol. The third-order valence-corrected chi connectivity index (χ3v) is 14.6. The normalized spacial score (nSPS) is 23.5. The molecule has 0 bridgehead atoms. The van der Waals surface area contributed by atoms with Crippen LogP contribution in [0.2, 0.25) is 0 Å². The van der Waals surface area contributed by atoms with E-state index < -0.39 is 16.9 Å². The van der Waals surface area contributed by atoms with Crippen LogP contribution in [0.5, 0.6) is 5.75 Å². The first-order valence-corrected chi connectivity index (χ1v) is 22.2. The lowest BCUT2D eigenvalue weighted by Crippen LogP contribution is -2.74. The molecule has 1 atom stereocenters. The van der Waals surface area contributed by atoms with Crippen molar-refractivity contribution in [2.75, 3.05) is 55.6 Å². The maximum absolute atomic E-state index is 13.7. The standard InChI is InChI=1S/C49H56N8O6/c1-48(2)46(49(3,4)47(48)63-39-15-9-32(27-50)42-36(39)13-17-41(59)53(42)5)52-43(60)31-6-10-34(11-7-31)55-20-18-30(19-21-55)28-54-22-24-56(25-23-54)35-12-8-33-29-57(45(62)37(33)26-35)38-14-16-40(58)51-44(38)61/h6-13,15,17,26,30,38,46-47H,14,16,18-25,28-29H2,1-5H3,(H,52,60)(H,51,58,61)/t38-,46?,47?/m0/s1. The minimum atomic E-state index is -0.608. The molecule has 4 amide bonds. The zero-order valence-corrected chi connectivity index (χ0v) is 36.8. The minimum absolute atomic E-state index is 0.120. The first-order chi connectivity index (χ1) is 30.1. The van der Waals surface area contributed by atoms with Crippen LogP contribution in [0.15, 0.2) is 71.5 Å². The average Bonchev–Trinajstić information content (AvgIpc) is 3.60. The lowest BCUT2D eigenvalue weighted by atomic mass is 9.49. The molecule has 5 aliphatic rings. The fourth-order valence-corrected chi connectivity index (χ4v) is 11.3. The summed E-state index contributed by atoms with van der Waals surface area (Å²) in [6.45, 7) is 15.5. The molecule has 1 saturated carbocycles. The number of imide groups is 1. The van der Waals surface area contributed by atoms with Crippen LogP contribution in [0.1, 0.15) is 85.2 Å². The molecule has 0 unspecified atom stereocenters. The van der Waals surface area contributed by atoms with Crippen molar-refractivity contribution in [1.82, 2.24) is 25.0 Å². The predicted octanol–water partition coefficient (Wildman–Crippen LogP) is 4.82. The minimum Gasteiger partial charge on any atom is -0.488 e. The third kappa shape index (κ3) is 7.60. The summed E-state index contributed by atoms with van der Waals surface area (Å²) in [4.78, 5) is 72.5. The monoisotopic (exact) mass is 852 g/mol. The van der Waals surface area contributed by atoms with E-state index in [1.165, 1.54) is 10.6 Å². The first-order valence-electron chi connectivity index (χ1n) is 22.2. The zero-order chi connectivity index (χ0) is 44.4. The highest BCUT2D eigenvalue weighted by Gasteiger charge is 2.64. The van der Waals surface area contributed by atoms with E-state index in [0.717, 1.165) is 75.6 Å². The summed E-state index contributed by atoms with van der Waals surface area (Å²) < 4.78 is 8.16. The highest BCUT2D eigenvalue weighted by atomic mass is 16.5. The van der Waals surface area contributed by atoms with Crippen LogP contribution in [0.4, 0.5) is 11.4 Å². The number of pyridine rings is 1. The molecule has 14 heteroatoms. The highest BCUT2D eigenvalue weighted by molar-refractivity contribution is 6.05. The van der Waals surface area contributed by atoms with E-state index in [-0.39, 0.29) is 47.8 Å². The number of aryl methyl sites for hydroxylation is 1. The van der Waals surface area contributed by atoms with Crippen LogP contribution in [0, 0.1) is 28.1 Å². The van der Waals surface area contributed by atoms with Crippen molar-refractivity contribution < 1.29 is 23.9 Å². The molecule has 328 valence electrons. The number of benzene rings is 3. The first kappa shape index (κ1) is 42.1. The number of nitriles is 1. The molecule has 1 aliphatic carbocycles. The van der Waals surface area contributed by atoms with Crippen LogP contribution in [0.3, 0.4) is 0 Å². The molecule has 4 aliphatic heterocycles. The summed E-state index contributed by atoms with van der Waals surface area (Å²) in [6.07, 6.45) is 2.56. The second-order valence-electron chi connectivity index (χ2n) is 19.3. The Kier molecular flexibility index (Phi) is 10.8. The molecule has 3 saturated heterocycles. The van der Waals surface area contributed by atoms with E-state index >= 15 is 0 Å². The van der Waals surface area contributed by atoms with Crippen molar-refractivity contribution in [2.45, 2.75) is 78.1 Å². The van der Waals surface area contributed by atoms with Gasteiger partial charge in [0.15, 0.2) is 0 Å². The summed E-state index contributed by atoms with van der Waals surface area (Å²) in [5.41, 5.74) is 4.28. The van der Waals surface area contributed by atoms with Crippen LogP contribution in [-0.2, 0) is 23.2 Å². The predicted molar refractivity (Wildman–Crippen MR) is 240 cm³/mol. The number of rotatable bonds is 9. The molecular formula is C49H56N8O6. The van der Waals surface area contributed by atoms with Gasteiger partial charge in [-0.15, -0.1) is 0 Å². The number of carbonyl (C=O) groups excluding carboxylic acids is 4. The number of piperazine rings is 1. The van der Waals surface area contributed by atoms with Crippen LogP contribution in [0.25, 0.3) is 10.9 Å². The molecule has 0 spiro atoms. The lowest BCUT2D eigenvalue weighted by Gasteiger charge is -2.63. The van der Waals surface area contributed by atoms with Gasteiger partial charge in [0.05, 0.1) is 11.1 Å². The number of piperidine rings is 2. The van der Waals surface area contributed by atoms with E-state index in [1.807, 2.05) is 24.3 Å². The quantitative estimate of drug-likeness (QED) is 0.224. The van der Waals surface area contributed by atoms with E-state index in [1.54, 1.807) is 30.1 Å². The van der Waals surface area contributed by atoms with Gasteiger partial charge in [-0.1, -0.05) is 33.8 Å². The van der Waals surface area contributed by atoms with Gasteiger partial charge < -0.3 is 29.3 Å². The molecule has 0 radical (unpaired) electrons. The second-order valence-corrected chi connectivity index (χ2v) is 19.3. The topological polar surface area (TPSA) is 160 Å². The number of ether oxygens (including phenoxy) is 1. The molecule has 5 heterocycles. The Labute approximate surface area is 367 Å². The molecule has 2 N–H and O–H groups in total. The van der Waals surface area contributed by atoms with Crippen LogP contribution >= 0.6 is 0 Å². The Hall–Kier alpha value is -6.20. The molecule has 4 fully saturated rings. The lowest BCUT2D eigenvalue weighted by molar-refractivity contribution is -0.163. The van der Waals surface area contributed by atoms with Gasteiger partial charge in [-0.3, -0.25) is 34.2 Å².